The monoisotopic (exact) mass is 506 g/mol. The highest BCUT2D eigenvalue weighted by molar-refractivity contribution is 6.16. The van der Waals surface area contributed by atoms with E-state index in [1.165, 1.54) is 11.1 Å². The molecule has 3 aromatic carbocycles. The van der Waals surface area contributed by atoms with Crippen LogP contribution in [0.1, 0.15) is 46.4 Å². The third kappa shape index (κ3) is 5.05. The number of carbonyl (C=O) groups is 1. The molecule has 1 N–H and O–H groups in total. The lowest BCUT2D eigenvalue weighted by molar-refractivity contribution is 0.0992. The molecule has 5 nitrogen and oxygen atoms in total. The van der Waals surface area contributed by atoms with E-state index >= 15 is 0 Å². The molecule has 2 aromatic heterocycles. The van der Waals surface area contributed by atoms with Crippen molar-refractivity contribution in [2.75, 3.05) is 5.32 Å². The number of hydrogen-bond donors (Lipinski definition) is 1. The standard InChI is InChI=1S/C24H20N2O.C10H6N2/c27-23-14-16-5-1-2-7-20(16)22-10-8-17-13-18(9-11-21(17)24(22)23)26-15-19-6-3-4-12-25-19;11-6-8-5-9-3-1-2-4-10(9)12-7-8/h2-4,6-13,26H,1,5,14-15H2;1-5,7H. The van der Waals surface area contributed by atoms with Crippen molar-refractivity contribution in [1.82, 2.24) is 9.97 Å². The molecule has 0 bridgehead atoms. The maximum atomic E-state index is 12.9. The molecule has 7 rings (SSSR count). The molecule has 0 unspecified atom stereocenters. The molecule has 0 spiro atoms. The second-order valence-corrected chi connectivity index (χ2v) is 9.69. The zero-order chi connectivity index (χ0) is 26.6. The van der Waals surface area contributed by atoms with Crippen LogP contribution >= 0.6 is 0 Å². The number of ketones is 1. The van der Waals surface area contributed by atoms with E-state index < -0.39 is 0 Å². The number of rotatable bonds is 3. The molecule has 188 valence electrons. The van der Waals surface area contributed by atoms with Crippen LogP contribution in [-0.4, -0.2) is 15.8 Å². The van der Waals surface area contributed by atoms with Gasteiger partial charge in [-0.15, -0.1) is 0 Å². The number of fused-ring (bicyclic) bond motifs is 5. The normalized spacial score (nSPS) is 13.8. The minimum absolute atomic E-state index is 0.249. The summed E-state index contributed by atoms with van der Waals surface area (Å²) in [7, 11) is 0. The van der Waals surface area contributed by atoms with Crippen LogP contribution in [0.4, 0.5) is 5.69 Å². The van der Waals surface area contributed by atoms with Gasteiger partial charge in [-0.3, -0.25) is 14.8 Å². The number of aromatic nitrogens is 2. The zero-order valence-corrected chi connectivity index (χ0v) is 21.4. The number of benzene rings is 3. The summed E-state index contributed by atoms with van der Waals surface area (Å²) in [6.45, 7) is 0.678. The van der Waals surface area contributed by atoms with Gasteiger partial charge in [-0.05, 0) is 71.1 Å². The minimum Gasteiger partial charge on any atom is -0.379 e. The molecule has 0 radical (unpaired) electrons. The predicted molar refractivity (Wildman–Crippen MR) is 156 cm³/mol. The van der Waals surface area contributed by atoms with Crippen molar-refractivity contribution >= 4 is 38.7 Å². The highest BCUT2D eigenvalue weighted by Gasteiger charge is 2.26. The molecule has 0 atom stereocenters. The Morgan fingerprint density at radius 3 is 2.69 bits per heavy atom. The van der Waals surface area contributed by atoms with Crippen molar-refractivity contribution in [3.8, 4) is 6.07 Å². The van der Waals surface area contributed by atoms with Gasteiger partial charge in [-0.2, -0.15) is 5.26 Å². The third-order valence-electron chi connectivity index (χ3n) is 7.16. The largest absolute Gasteiger partial charge is 0.379 e. The van der Waals surface area contributed by atoms with Crippen molar-refractivity contribution in [2.45, 2.75) is 25.8 Å². The number of nitrogens with one attached hydrogen (secondary N) is 1. The summed E-state index contributed by atoms with van der Waals surface area (Å²) in [6, 6.07) is 28.0. The summed E-state index contributed by atoms with van der Waals surface area (Å²) < 4.78 is 0. The second-order valence-electron chi connectivity index (χ2n) is 9.69. The third-order valence-corrected chi connectivity index (χ3v) is 7.16. The lowest BCUT2D eigenvalue weighted by Crippen LogP contribution is -2.13. The Morgan fingerprint density at radius 1 is 0.923 bits per heavy atom. The molecule has 5 heteroatoms. The van der Waals surface area contributed by atoms with Crippen LogP contribution in [0.3, 0.4) is 0 Å². The number of para-hydroxylation sites is 1. The number of anilines is 1. The van der Waals surface area contributed by atoms with Gasteiger partial charge >= 0.3 is 0 Å². The second kappa shape index (κ2) is 10.7. The molecule has 5 aromatic rings. The lowest BCUT2D eigenvalue weighted by Gasteiger charge is -2.24. The average Bonchev–Trinajstić information content (AvgIpc) is 3.00. The van der Waals surface area contributed by atoms with E-state index in [4.69, 9.17) is 5.26 Å². The Morgan fingerprint density at radius 2 is 1.82 bits per heavy atom. The van der Waals surface area contributed by atoms with Crippen molar-refractivity contribution in [2.24, 2.45) is 0 Å². The van der Waals surface area contributed by atoms with Gasteiger partial charge in [0.05, 0.1) is 23.3 Å². The fourth-order valence-electron chi connectivity index (χ4n) is 5.25. The van der Waals surface area contributed by atoms with Crippen LogP contribution in [0.25, 0.3) is 27.2 Å². The molecule has 0 saturated carbocycles. The van der Waals surface area contributed by atoms with Gasteiger partial charge in [0, 0.05) is 35.5 Å². The molecular formula is C34H26N4O. The van der Waals surface area contributed by atoms with E-state index in [2.05, 4.69) is 63.8 Å². The lowest BCUT2D eigenvalue weighted by atomic mass is 9.79. The highest BCUT2D eigenvalue weighted by Crippen LogP contribution is 2.40. The number of pyridine rings is 2. The number of allylic oxidation sites excluding steroid dienone is 4. The van der Waals surface area contributed by atoms with E-state index in [-0.39, 0.29) is 5.78 Å². The molecule has 0 aliphatic heterocycles. The summed E-state index contributed by atoms with van der Waals surface area (Å²) in [5.74, 6) is 0.249. The average molecular weight is 507 g/mol. The van der Waals surface area contributed by atoms with Crippen molar-refractivity contribution in [1.29, 1.82) is 5.26 Å². The van der Waals surface area contributed by atoms with Gasteiger partial charge in [-0.25, -0.2) is 0 Å². The Bertz CT molecular complexity index is 1810. The van der Waals surface area contributed by atoms with Gasteiger partial charge in [-0.1, -0.05) is 60.2 Å². The predicted octanol–water partition coefficient (Wildman–Crippen LogP) is 7.64. The fourth-order valence-corrected chi connectivity index (χ4v) is 5.25. The van der Waals surface area contributed by atoms with Crippen molar-refractivity contribution < 1.29 is 4.79 Å². The topological polar surface area (TPSA) is 78.7 Å². The van der Waals surface area contributed by atoms with E-state index in [0.717, 1.165) is 57.0 Å². The van der Waals surface area contributed by atoms with Gasteiger partial charge in [0.15, 0.2) is 5.78 Å². The highest BCUT2D eigenvalue weighted by atomic mass is 16.1. The molecule has 2 aliphatic carbocycles. The smallest absolute Gasteiger partial charge is 0.168 e. The zero-order valence-electron chi connectivity index (χ0n) is 21.4. The fraction of sp³-hybridized carbons (Fsp3) is 0.118. The summed E-state index contributed by atoms with van der Waals surface area (Å²) in [6.07, 6.45) is 10.4. The van der Waals surface area contributed by atoms with E-state index in [0.29, 0.717) is 18.5 Å². The van der Waals surface area contributed by atoms with Crippen LogP contribution in [-0.2, 0) is 6.54 Å². The molecule has 2 aliphatic rings. The number of carbonyl (C=O) groups excluding carboxylic acids is 1. The molecule has 0 fully saturated rings. The van der Waals surface area contributed by atoms with Gasteiger partial charge in [0.1, 0.15) is 6.07 Å². The van der Waals surface area contributed by atoms with E-state index in [1.54, 1.807) is 12.4 Å². The SMILES string of the molecule is N#Cc1cnc2ccccc2c1.O=C1CC2=C(C=CCC2)c2ccc3cc(NCc4ccccn4)ccc3c21. The van der Waals surface area contributed by atoms with Crippen LogP contribution in [0, 0.1) is 11.3 Å². The minimum atomic E-state index is 0.249. The molecule has 2 heterocycles. The number of nitriles is 1. The summed E-state index contributed by atoms with van der Waals surface area (Å²) in [5, 5.41) is 15.2. The van der Waals surface area contributed by atoms with Crippen LogP contribution in [0.5, 0.6) is 0 Å². The number of nitrogens with zero attached hydrogens (tertiary/aromatic N) is 3. The summed E-state index contributed by atoms with van der Waals surface area (Å²) in [4.78, 5) is 21.3. The first-order valence-corrected chi connectivity index (χ1v) is 13.1. The summed E-state index contributed by atoms with van der Waals surface area (Å²) in [5.41, 5.74) is 8.10. The Hall–Kier alpha value is -5.08. The van der Waals surface area contributed by atoms with Crippen molar-refractivity contribution in [3.63, 3.8) is 0 Å². The Kier molecular flexibility index (Phi) is 6.67. The number of hydrogen-bond acceptors (Lipinski definition) is 5. The summed E-state index contributed by atoms with van der Waals surface area (Å²) >= 11 is 0. The maximum Gasteiger partial charge on any atom is 0.168 e. The van der Waals surface area contributed by atoms with Gasteiger partial charge in [0.2, 0.25) is 0 Å². The first-order chi connectivity index (χ1) is 19.2. The molecule has 39 heavy (non-hydrogen) atoms. The first-order valence-electron chi connectivity index (χ1n) is 13.1. The molecule has 0 amide bonds. The maximum absolute atomic E-state index is 12.9. The van der Waals surface area contributed by atoms with Gasteiger partial charge in [0.25, 0.3) is 0 Å². The van der Waals surface area contributed by atoms with Gasteiger partial charge < -0.3 is 5.32 Å². The van der Waals surface area contributed by atoms with Crippen molar-refractivity contribution in [3.05, 3.63) is 131 Å². The number of Topliss-reactive ketones (excluding diaryl/α,β-unsaturated/α-hetero) is 1. The van der Waals surface area contributed by atoms with Crippen LogP contribution in [0.15, 0.2) is 109 Å². The van der Waals surface area contributed by atoms with Crippen LogP contribution < -0.4 is 5.32 Å². The van der Waals surface area contributed by atoms with E-state index in [9.17, 15) is 4.79 Å². The van der Waals surface area contributed by atoms with E-state index in [1.807, 2.05) is 48.5 Å². The Labute approximate surface area is 227 Å². The van der Waals surface area contributed by atoms with Crippen LogP contribution in [0.2, 0.25) is 0 Å². The molecule has 0 saturated heterocycles. The first kappa shape index (κ1) is 24.3. The quantitative estimate of drug-likeness (QED) is 0.272. The molecular weight excluding hydrogens is 480 g/mol. The Balaban J connectivity index is 0.000000193.